The normalized spacial score (nSPS) is 11.3. The number of rotatable bonds is 2. The number of halogens is 1. The zero-order valence-corrected chi connectivity index (χ0v) is 8.71. The highest BCUT2D eigenvalue weighted by atomic mass is 35.7. The van der Waals surface area contributed by atoms with E-state index in [2.05, 4.69) is 0 Å². The Kier molecular flexibility index (Phi) is 2.77. The number of phenolic OH excluding ortho intramolecular Hbond substituents is 1. The highest BCUT2D eigenvalue weighted by Crippen LogP contribution is 2.29. The van der Waals surface area contributed by atoms with Crippen LogP contribution in [0, 0.1) is 4.91 Å². The fraction of sp³-hybridized carbons (Fsp3) is 0.143. The number of nitroso groups, excluding NO2 is 1. The molecule has 5 nitrogen and oxygen atoms in total. The quantitative estimate of drug-likeness (QED) is 0.622. The van der Waals surface area contributed by atoms with Crippen molar-refractivity contribution in [3.05, 3.63) is 23.1 Å². The maximum atomic E-state index is 10.9. The van der Waals surface area contributed by atoms with E-state index < -0.39 is 19.7 Å². The van der Waals surface area contributed by atoms with Crippen LogP contribution < -0.4 is 0 Å². The van der Waals surface area contributed by atoms with E-state index in [1.54, 1.807) is 0 Å². The van der Waals surface area contributed by atoms with Crippen molar-refractivity contribution in [2.45, 2.75) is 4.90 Å². The van der Waals surface area contributed by atoms with Crippen LogP contribution in [-0.4, -0.2) is 25.3 Å². The molecule has 14 heavy (non-hydrogen) atoms. The number of benzene rings is 1. The Balaban J connectivity index is 3.44. The molecule has 0 amide bonds. The van der Waals surface area contributed by atoms with Crippen molar-refractivity contribution < 1.29 is 18.3 Å². The van der Waals surface area contributed by atoms with Gasteiger partial charge in [-0.05, 0) is 6.07 Å². The standard InChI is InChI=1S/C7H6ClNO4S/c1-9(11)5-2-3-6(10)7(4-5)14(8,12)13/h2-4H,1H3/p+1. The van der Waals surface area contributed by atoms with Gasteiger partial charge in [-0.15, -0.1) is 0 Å². The first-order chi connectivity index (χ1) is 6.32. The zero-order chi connectivity index (χ0) is 10.9. The number of aromatic hydroxyl groups is 1. The van der Waals surface area contributed by atoms with Gasteiger partial charge in [-0.1, -0.05) is 0 Å². The second-order valence-corrected chi connectivity index (χ2v) is 5.12. The molecule has 1 aromatic rings. The smallest absolute Gasteiger partial charge is 0.265 e. The van der Waals surface area contributed by atoms with Gasteiger partial charge in [0.15, 0.2) is 7.05 Å². The van der Waals surface area contributed by atoms with Gasteiger partial charge >= 0.3 is 0 Å². The molecule has 1 rings (SSSR count). The van der Waals surface area contributed by atoms with Gasteiger partial charge in [0.1, 0.15) is 10.6 Å². The second-order valence-electron chi connectivity index (χ2n) is 2.59. The van der Waals surface area contributed by atoms with Crippen LogP contribution in [0.5, 0.6) is 5.75 Å². The van der Waals surface area contributed by atoms with Crippen LogP contribution in [0.2, 0.25) is 0 Å². The minimum atomic E-state index is -4.03. The summed E-state index contributed by atoms with van der Waals surface area (Å²) in [5.41, 5.74) is 0.0991. The van der Waals surface area contributed by atoms with E-state index in [1.165, 1.54) is 13.1 Å². The van der Waals surface area contributed by atoms with E-state index >= 15 is 0 Å². The minimum absolute atomic E-state index is 0.0991. The molecule has 0 aliphatic rings. The Labute approximate surface area is 84.9 Å². The van der Waals surface area contributed by atoms with Crippen molar-refractivity contribution >= 4 is 25.4 Å². The molecule has 0 bridgehead atoms. The molecule has 0 radical (unpaired) electrons. The lowest BCUT2D eigenvalue weighted by atomic mass is 10.3. The zero-order valence-electron chi connectivity index (χ0n) is 7.14. The van der Waals surface area contributed by atoms with Gasteiger partial charge in [-0.2, -0.15) is 0 Å². The van der Waals surface area contributed by atoms with E-state index in [9.17, 15) is 13.3 Å². The summed E-state index contributed by atoms with van der Waals surface area (Å²) >= 11 is 0. The topological polar surface area (TPSA) is 74.5 Å². The van der Waals surface area contributed by atoms with Crippen LogP contribution in [-0.2, 0) is 9.05 Å². The van der Waals surface area contributed by atoms with Crippen molar-refractivity contribution in [2.75, 3.05) is 7.05 Å². The summed E-state index contributed by atoms with van der Waals surface area (Å²) in [4.78, 5) is 10.4. The van der Waals surface area contributed by atoms with Gasteiger partial charge in [-0.3, -0.25) is 0 Å². The number of hydrogen-bond acceptors (Lipinski definition) is 4. The molecule has 0 unspecified atom stereocenters. The maximum Gasteiger partial charge on any atom is 0.265 e. The van der Waals surface area contributed by atoms with Gasteiger partial charge in [-0.25, -0.2) is 8.42 Å². The molecule has 0 aliphatic carbocycles. The SMILES string of the molecule is C[N+](=O)c1ccc(O)c(S(=O)(=O)Cl)c1. The predicted octanol–water partition coefficient (Wildman–Crippen LogP) is 1.36. The molecule has 0 saturated heterocycles. The number of hydrogen-bond donors (Lipinski definition) is 1. The summed E-state index contributed by atoms with van der Waals surface area (Å²) < 4.78 is 22.3. The Morgan fingerprint density at radius 2 is 2.00 bits per heavy atom. The molecule has 76 valence electrons. The first kappa shape index (κ1) is 10.9. The highest BCUT2D eigenvalue weighted by molar-refractivity contribution is 8.13. The molecule has 0 aliphatic heterocycles. The van der Waals surface area contributed by atoms with Crippen molar-refractivity contribution in [2.24, 2.45) is 0 Å². The third kappa shape index (κ3) is 2.21. The third-order valence-electron chi connectivity index (χ3n) is 1.57. The monoisotopic (exact) mass is 236 g/mol. The first-order valence-electron chi connectivity index (χ1n) is 3.51. The molecule has 0 spiro atoms. The van der Waals surface area contributed by atoms with Crippen LogP contribution in [0.25, 0.3) is 0 Å². The Morgan fingerprint density at radius 3 is 2.43 bits per heavy atom. The molecule has 0 heterocycles. The van der Waals surface area contributed by atoms with Gasteiger partial charge < -0.3 is 5.11 Å². The van der Waals surface area contributed by atoms with Crippen molar-refractivity contribution in [1.82, 2.24) is 0 Å². The Morgan fingerprint density at radius 1 is 1.43 bits per heavy atom. The van der Waals surface area contributed by atoms with E-state index in [0.29, 0.717) is 4.76 Å². The van der Waals surface area contributed by atoms with E-state index in [1.807, 2.05) is 0 Å². The highest BCUT2D eigenvalue weighted by Gasteiger charge is 2.19. The summed E-state index contributed by atoms with van der Waals surface area (Å²) in [5, 5.41) is 9.17. The van der Waals surface area contributed by atoms with Crippen molar-refractivity contribution in [3.63, 3.8) is 0 Å². The summed E-state index contributed by atoms with van der Waals surface area (Å²) in [6.07, 6.45) is 0. The lowest BCUT2D eigenvalue weighted by molar-refractivity contribution is -0.428. The second kappa shape index (κ2) is 3.55. The molecule has 1 N–H and O–H groups in total. The summed E-state index contributed by atoms with van der Waals surface area (Å²) in [6, 6.07) is 3.39. The number of nitrogens with zero attached hydrogens (tertiary/aromatic N) is 1. The van der Waals surface area contributed by atoms with Gasteiger partial charge in [0.05, 0.1) is 0 Å². The summed E-state index contributed by atoms with van der Waals surface area (Å²) in [6.45, 7) is 0. The Hall–Kier alpha value is -1.14. The molecule has 7 heteroatoms. The lowest BCUT2D eigenvalue weighted by Crippen LogP contribution is -1.95. The molecular formula is C7H7ClNO4S+. The number of phenols is 1. The molecule has 0 fully saturated rings. The van der Waals surface area contributed by atoms with Crippen LogP contribution in [0.4, 0.5) is 5.69 Å². The van der Waals surface area contributed by atoms with Crippen molar-refractivity contribution in [3.8, 4) is 5.75 Å². The van der Waals surface area contributed by atoms with Gasteiger partial charge in [0.25, 0.3) is 14.7 Å². The third-order valence-corrected chi connectivity index (χ3v) is 2.92. The first-order valence-corrected chi connectivity index (χ1v) is 5.82. The van der Waals surface area contributed by atoms with Crippen LogP contribution in [0.15, 0.2) is 23.1 Å². The molecule has 0 aromatic heterocycles. The summed E-state index contributed by atoms with van der Waals surface area (Å²) in [5.74, 6) is -0.481. The van der Waals surface area contributed by atoms with Gasteiger partial charge in [0.2, 0.25) is 0 Å². The molecule has 0 atom stereocenters. The van der Waals surface area contributed by atoms with Crippen LogP contribution >= 0.6 is 10.7 Å². The average molecular weight is 237 g/mol. The maximum absolute atomic E-state index is 10.9. The van der Waals surface area contributed by atoms with E-state index in [0.717, 1.165) is 12.1 Å². The molecule has 0 saturated carbocycles. The fourth-order valence-corrected chi connectivity index (χ4v) is 1.84. The van der Waals surface area contributed by atoms with Gasteiger partial charge in [0, 0.05) is 32.5 Å². The van der Waals surface area contributed by atoms with E-state index in [4.69, 9.17) is 15.8 Å². The minimum Gasteiger partial charge on any atom is -0.507 e. The van der Waals surface area contributed by atoms with Crippen LogP contribution in [0.1, 0.15) is 0 Å². The molecule has 1 aromatic carbocycles. The van der Waals surface area contributed by atoms with Crippen LogP contribution in [0.3, 0.4) is 0 Å². The fourth-order valence-electron chi connectivity index (χ4n) is 0.894. The predicted molar refractivity (Wildman–Crippen MR) is 50.4 cm³/mol. The largest absolute Gasteiger partial charge is 0.507 e. The Bertz CT molecular complexity index is 482. The van der Waals surface area contributed by atoms with E-state index in [-0.39, 0.29) is 5.69 Å². The molecular weight excluding hydrogens is 230 g/mol. The lowest BCUT2D eigenvalue weighted by Gasteiger charge is -1.98. The average Bonchev–Trinajstić information content (AvgIpc) is 2.02. The van der Waals surface area contributed by atoms with Crippen molar-refractivity contribution in [1.29, 1.82) is 0 Å². The summed E-state index contributed by atoms with van der Waals surface area (Å²) in [7, 11) is 2.20.